The molecule has 128 valence electrons. The van der Waals surface area contributed by atoms with E-state index in [2.05, 4.69) is 19.9 Å². The van der Waals surface area contributed by atoms with Crippen LogP contribution in [0.4, 0.5) is 0 Å². The van der Waals surface area contributed by atoms with E-state index in [0.29, 0.717) is 24.7 Å². The van der Waals surface area contributed by atoms with Gasteiger partial charge in [0.2, 0.25) is 5.89 Å². The SMILES string of the molecule is Cc1ccc(C(=O)CCN2CCN(Cc3nc(C)no3)CC2)cc1. The van der Waals surface area contributed by atoms with Crippen molar-refractivity contribution in [3.8, 4) is 0 Å². The third-order valence-electron chi connectivity index (χ3n) is 4.42. The highest BCUT2D eigenvalue weighted by Crippen LogP contribution is 2.10. The lowest BCUT2D eigenvalue weighted by Gasteiger charge is -2.33. The van der Waals surface area contributed by atoms with Crippen LogP contribution in [0.2, 0.25) is 0 Å². The topological polar surface area (TPSA) is 62.5 Å². The number of benzene rings is 1. The van der Waals surface area contributed by atoms with Crippen LogP contribution in [0.5, 0.6) is 0 Å². The van der Waals surface area contributed by atoms with Crippen molar-refractivity contribution in [3.63, 3.8) is 0 Å². The Kier molecular flexibility index (Phi) is 5.37. The van der Waals surface area contributed by atoms with Crippen LogP contribution in [0.3, 0.4) is 0 Å². The Balaban J connectivity index is 1.40. The fraction of sp³-hybridized carbons (Fsp3) is 0.500. The van der Waals surface area contributed by atoms with Crippen LogP contribution in [0.1, 0.15) is 34.1 Å². The lowest BCUT2D eigenvalue weighted by Crippen LogP contribution is -2.46. The number of aryl methyl sites for hydroxylation is 2. The molecule has 1 aliphatic rings. The molecule has 1 fully saturated rings. The third kappa shape index (κ3) is 4.49. The number of Topliss-reactive ketones (excluding diaryl/α,β-unsaturated/α-hetero) is 1. The molecule has 0 atom stereocenters. The van der Waals surface area contributed by atoms with Crippen molar-refractivity contribution in [3.05, 3.63) is 47.1 Å². The van der Waals surface area contributed by atoms with E-state index in [0.717, 1.165) is 38.3 Å². The number of hydrogen-bond acceptors (Lipinski definition) is 6. The molecule has 0 radical (unpaired) electrons. The number of piperazine rings is 1. The van der Waals surface area contributed by atoms with Crippen LogP contribution in [-0.2, 0) is 6.54 Å². The molecule has 3 rings (SSSR count). The summed E-state index contributed by atoms with van der Waals surface area (Å²) in [6.45, 7) is 9.24. The number of carbonyl (C=O) groups is 1. The van der Waals surface area contributed by atoms with E-state index in [9.17, 15) is 4.79 Å². The van der Waals surface area contributed by atoms with Crippen LogP contribution in [0.25, 0.3) is 0 Å². The maximum atomic E-state index is 12.2. The second-order valence-corrected chi connectivity index (χ2v) is 6.39. The van der Waals surface area contributed by atoms with Gasteiger partial charge in [-0.2, -0.15) is 4.98 Å². The van der Waals surface area contributed by atoms with Gasteiger partial charge in [0.05, 0.1) is 6.54 Å². The second-order valence-electron chi connectivity index (χ2n) is 6.39. The van der Waals surface area contributed by atoms with Gasteiger partial charge in [-0.1, -0.05) is 35.0 Å². The molecule has 6 heteroatoms. The molecule has 6 nitrogen and oxygen atoms in total. The lowest BCUT2D eigenvalue weighted by atomic mass is 10.1. The molecule has 0 spiro atoms. The van der Waals surface area contributed by atoms with Crippen molar-refractivity contribution >= 4 is 5.78 Å². The molecule has 0 bridgehead atoms. The zero-order valence-electron chi connectivity index (χ0n) is 14.4. The van der Waals surface area contributed by atoms with Gasteiger partial charge in [-0.05, 0) is 13.8 Å². The molecule has 0 amide bonds. The standard InChI is InChI=1S/C18H24N4O2/c1-14-3-5-16(6-4-14)17(23)7-8-21-9-11-22(12-10-21)13-18-19-15(2)20-24-18/h3-6H,7-13H2,1-2H3. The van der Waals surface area contributed by atoms with E-state index in [1.165, 1.54) is 5.56 Å². The molecular formula is C18H24N4O2. The summed E-state index contributed by atoms with van der Waals surface area (Å²) in [4.78, 5) is 21.1. The molecule has 2 aromatic rings. The first-order chi connectivity index (χ1) is 11.6. The summed E-state index contributed by atoms with van der Waals surface area (Å²) in [5.74, 6) is 1.58. The van der Waals surface area contributed by atoms with Gasteiger partial charge in [-0.25, -0.2) is 0 Å². The van der Waals surface area contributed by atoms with E-state index in [1.807, 2.05) is 38.1 Å². The van der Waals surface area contributed by atoms with Gasteiger partial charge in [0.1, 0.15) is 0 Å². The van der Waals surface area contributed by atoms with Crippen LogP contribution < -0.4 is 0 Å². The van der Waals surface area contributed by atoms with Crippen molar-refractivity contribution in [2.24, 2.45) is 0 Å². The number of carbonyl (C=O) groups excluding carboxylic acids is 1. The summed E-state index contributed by atoms with van der Waals surface area (Å²) < 4.78 is 5.17. The van der Waals surface area contributed by atoms with Gasteiger partial charge in [-0.15, -0.1) is 0 Å². The van der Waals surface area contributed by atoms with Crippen molar-refractivity contribution in [1.82, 2.24) is 19.9 Å². The number of nitrogens with zero attached hydrogens (tertiary/aromatic N) is 4. The minimum Gasteiger partial charge on any atom is -0.338 e. The highest BCUT2D eigenvalue weighted by atomic mass is 16.5. The van der Waals surface area contributed by atoms with Gasteiger partial charge < -0.3 is 9.42 Å². The fourth-order valence-electron chi connectivity index (χ4n) is 2.91. The Bertz CT molecular complexity index is 673. The highest BCUT2D eigenvalue weighted by molar-refractivity contribution is 5.96. The summed E-state index contributed by atoms with van der Waals surface area (Å²) in [7, 11) is 0. The number of aromatic nitrogens is 2. The van der Waals surface area contributed by atoms with Gasteiger partial charge in [0, 0.05) is 44.7 Å². The van der Waals surface area contributed by atoms with Gasteiger partial charge in [0.15, 0.2) is 11.6 Å². The van der Waals surface area contributed by atoms with E-state index in [1.54, 1.807) is 0 Å². The summed E-state index contributed by atoms with van der Waals surface area (Å²) in [6, 6.07) is 7.82. The van der Waals surface area contributed by atoms with Crippen molar-refractivity contribution in [1.29, 1.82) is 0 Å². The molecule has 24 heavy (non-hydrogen) atoms. The van der Waals surface area contributed by atoms with Crippen LogP contribution in [0, 0.1) is 13.8 Å². The predicted octanol–water partition coefficient (Wildman–Crippen LogP) is 2.08. The largest absolute Gasteiger partial charge is 0.338 e. The number of ketones is 1. The molecule has 1 aromatic heterocycles. The van der Waals surface area contributed by atoms with Gasteiger partial charge in [0.25, 0.3) is 0 Å². The Labute approximate surface area is 142 Å². The molecule has 1 aromatic carbocycles. The fourth-order valence-corrected chi connectivity index (χ4v) is 2.91. The van der Waals surface area contributed by atoms with Crippen LogP contribution >= 0.6 is 0 Å². The molecule has 0 unspecified atom stereocenters. The molecule has 2 heterocycles. The Morgan fingerprint density at radius 1 is 1.08 bits per heavy atom. The molecule has 0 N–H and O–H groups in total. The Morgan fingerprint density at radius 2 is 1.75 bits per heavy atom. The third-order valence-corrected chi connectivity index (χ3v) is 4.42. The van der Waals surface area contributed by atoms with E-state index in [4.69, 9.17) is 4.52 Å². The molecule has 1 saturated heterocycles. The highest BCUT2D eigenvalue weighted by Gasteiger charge is 2.19. The minimum absolute atomic E-state index is 0.221. The van der Waals surface area contributed by atoms with Gasteiger partial charge >= 0.3 is 0 Å². The minimum atomic E-state index is 0.221. The quantitative estimate of drug-likeness (QED) is 0.757. The predicted molar refractivity (Wildman–Crippen MR) is 90.9 cm³/mol. The second kappa shape index (κ2) is 7.68. The maximum Gasteiger partial charge on any atom is 0.240 e. The van der Waals surface area contributed by atoms with Crippen LogP contribution in [0.15, 0.2) is 28.8 Å². The molecule has 1 aliphatic heterocycles. The maximum absolute atomic E-state index is 12.2. The van der Waals surface area contributed by atoms with E-state index in [-0.39, 0.29) is 5.78 Å². The van der Waals surface area contributed by atoms with E-state index < -0.39 is 0 Å². The summed E-state index contributed by atoms with van der Waals surface area (Å²) >= 11 is 0. The summed E-state index contributed by atoms with van der Waals surface area (Å²) in [5, 5.41) is 3.82. The smallest absolute Gasteiger partial charge is 0.240 e. The first-order valence-corrected chi connectivity index (χ1v) is 8.44. The van der Waals surface area contributed by atoms with Gasteiger partial charge in [-0.3, -0.25) is 9.69 Å². The Morgan fingerprint density at radius 3 is 2.38 bits per heavy atom. The summed E-state index contributed by atoms with van der Waals surface area (Å²) in [6.07, 6.45) is 0.575. The zero-order chi connectivity index (χ0) is 16.9. The molecule has 0 saturated carbocycles. The normalized spacial score (nSPS) is 16.4. The average molecular weight is 328 g/mol. The first kappa shape index (κ1) is 16.8. The summed E-state index contributed by atoms with van der Waals surface area (Å²) in [5.41, 5.74) is 1.99. The number of rotatable bonds is 6. The van der Waals surface area contributed by atoms with E-state index >= 15 is 0 Å². The van der Waals surface area contributed by atoms with Crippen molar-refractivity contribution in [2.45, 2.75) is 26.8 Å². The molecular weight excluding hydrogens is 304 g/mol. The monoisotopic (exact) mass is 328 g/mol. The molecule has 0 aliphatic carbocycles. The number of hydrogen-bond donors (Lipinski definition) is 0. The van der Waals surface area contributed by atoms with Crippen molar-refractivity contribution < 1.29 is 9.32 Å². The Hall–Kier alpha value is -2.05. The first-order valence-electron chi connectivity index (χ1n) is 8.44. The van der Waals surface area contributed by atoms with Crippen molar-refractivity contribution in [2.75, 3.05) is 32.7 Å². The van der Waals surface area contributed by atoms with Crippen LogP contribution in [-0.4, -0.2) is 58.4 Å². The average Bonchev–Trinajstić information content (AvgIpc) is 2.99. The lowest BCUT2D eigenvalue weighted by molar-refractivity contribution is 0.0910. The zero-order valence-corrected chi connectivity index (χ0v) is 14.4.